The van der Waals surface area contributed by atoms with Crippen LogP contribution in [0.3, 0.4) is 0 Å². The van der Waals surface area contributed by atoms with Gasteiger partial charge in [0, 0.05) is 36.2 Å². The molecule has 0 aliphatic heterocycles. The largest absolute Gasteiger partial charge is 0.457 e. The number of nitro benzene ring substituents is 1. The van der Waals surface area contributed by atoms with Crippen molar-refractivity contribution in [3.8, 4) is 0 Å². The van der Waals surface area contributed by atoms with Gasteiger partial charge >= 0.3 is 5.97 Å². The number of ether oxygens (including phenoxy) is 1. The fraction of sp³-hybridized carbons (Fsp3) is 0.286. The standard InChI is InChI=1S/C21H22N2O6/c24-19(17-10-7-11-18(14-17)23(27)28)15-29-20(25)12-5-2-6-13-22-21(26)16-8-3-1-4-9-16/h1,3-4,7-11,14H,2,5-6,12-13,15H2,(H,22,26). The summed E-state index contributed by atoms with van der Waals surface area (Å²) in [5, 5.41) is 13.5. The SMILES string of the molecule is O=C(CCCCCNC(=O)c1ccccc1)OCC(=O)c1cccc([N+](=O)[O-])c1. The topological polar surface area (TPSA) is 116 Å². The second-order valence-electron chi connectivity index (χ2n) is 6.32. The van der Waals surface area contributed by atoms with Crippen LogP contribution in [0.1, 0.15) is 46.4 Å². The summed E-state index contributed by atoms with van der Waals surface area (Å²) in [7, 11) is 0. The van der Waals surface area contributed by atoms with Crippen LogP contribution in [-0.4, -0.2) is 35.7 Å². The van der Waals surface area contributed by atoms with Crippen LogP contribution in [0.4, 0.5) is 5.69 Å². The summed E-state index contributed by atoms with van der Waals surface area (Å²) in [5.41, 5.74) is 0.534. The van der Waals surface area contributed by atoms with Crippen LogP contribution in [0.5, 0.6) is 0 Å². The lowest BCUT2D eigenvalue weighted by Gasteiger charge is -2.06. The molecule has 1 N–H and O–H groups in total. The van der Waals surface area contributed by atoms with Gasteiger partial charge in [0.2, 0.25) is 5.78 Å². The van der Waals surface area contributed by atoms with E-state index in [1.807, 2.05) is 6.07 Å². The zero-order chi connectivity index (χ0) is 21.1. The minimum atomic E-state index is -0.592. The molecule has 0 fully saturated rings. The number of nitrogens with zero attached hydrogens (tertiary/aromatic N) is 1. The molecule has 8 heteroatoms. The smallest absolute Gasteiger partial charge is 0.306 e. The Morgan fingerprint density at radius 2 is 1.66 bits per heavy atom. The van der Waals surface area contributed by atoms with Gasteiger partial charge in [-0.3, -0.25) is 24.5 Å². The number of carbonyl (C=O) groups is 3. The summed E-state index contributed by atoms with van der Waals surface area (Å²) in [6, 6.07) is 14.2. The zero-order valence-electron chi connectivity index (χ0n) is 15.8. The number of Topliss-reactive ketones (excluding diaryl/α,β-unsaturated/α-hetero) is 1. The molecule has 0 heterocycles. The van der Waals surface area contributed by atoms with Gasteiger partial charge in [0.15, 0.2) is 6.61 Å². The molecule has 0 unspecified atom stereocenters. The third kappa shape index (κ3) is 7.53. The number of unbranched alkanes of at least 4 members (excludes halogenated alkanes) is 2. The Morgan fingerprint density at radius 3 is 2.38 bits per heavy atom. The third-order valence-corrected chi connectivity index (χ3v) is 4.12. The number of amides is 1. The molecule has 0 bridgehead atoms. The summed E-state index contributed by atoms with van der Waals surface area (Å²) >= 11 is 0. The molecular formula is C21H22N2O6. The second-order valence-corrected chi connectivity index (χ2v) is 6.32. The Kier molecular flexibility index (Phi) is 8.50. The van der Waals surface area contributed by atoms with Crippen molar-refractivity contribution >= 4 is 23.3 Å². The molecule has 29 heavy (non-hydrogen) atoms. The van der Waals surface area contributed by atoms with E-state index in [2.05, 4.69) is 5.32 Å². The van der Waals surface area contributed by atoms with Crippen LogP contribution in [0.2, 0.25) is 0 Å². The van der Waals surface area contributed by atoms with Crippen molar-refractivity contribution in [2.45, 2.75) is 25.7 Å². The Hall–Kier alpha value is -3.55. The molecule has 0 aliphatic rings. The van der Waals surface area contributed by atoms with Crippen molar-refractivity contribution < 1.29 is 24.0 Å². The number of rotatable bonds is 11. The van der Waals surface area contributed by atoms with Gasteiger partial charge in [-0.1, -0.05) is 36.8 Å². The summed E-state index contributed by atoms with van der Waals surface area (Å²) in [5.74, 6) is -1.13. The van der Waals surface area contributed by atoms with Crippen LogP contribution >= 0.6 is 0 Å². The molecular weight excluding hydrogens is 376 g/mol. The van der Waals surface area contributed by atoms with Gasteiger partial charge < -0.3 is 10.1 Å². The Balaban J connectivity index is 1.59. The Morgan fingerprint density at radius 1 is 0.931 bits per heavy atom. The minimum absolute atomic E-state index is 0.126. The average Bonchev–Trinajstić information content (AvgIpc) is 2.74. The fourth-order valence-electron chi connectivity index (χ4n) is 2.56. The highest BCUT2D eigenvalue weighted by molar-refractivity contribution is 5.98. The van der Waals surface area contributed by atoms with E-state index in [0.29, 0.717) is 18.5 Å². The first-order chi connectivity index (χ1) is 14.0. The van der Waals surface area contributed by atoms with Gasteiger partial charge in [-0.2, -0.15) is 0 Å². The minimum Gasteiger partial charge on any atom is -0.457 e. The maximum atomic E-state index is 12.0. The van der Waals surface area contributed by atoms with Gasteiger partial charge in [0.1, 0.15) is 0 Å². The summed E-state index contributed by atoms with van der Waals surface area (Å²) in [6.45, 7) is 0.0567. The molecule has 0 saturated carbocycles. The predicted molar refractivity (Wildman–Crippen MR) is 106 cm³/mol. The Bertz CT molecular complexity index is 866. The molecule has 152 valence electrons. The van der Waals surface area contributed by atoms with E-state index in [1.54, 1.807) is 24.3 Å². The van der Waals surface area contributed by atoms with Crippen LogP contribution < -0.4 is 5.32 Å². The van der Waals surface area contributed by atoms with Crippen LogP contribution in [0.15, 0.2) is 54.6 Å². The lowest BCUT2D eigenvalue weighted by atomic mass is 10.1. The number of hydrogen-bond donors (Lipinski definition) is 1. The third-order valence-electron chi connectivity index (χ3n) is 4.12. The quantitative estimate of drug-likeness (QED) is 0.204. The van der Waals surface area contributed by atoms with Crippen molar-refractivity contribution in [2.24, 2.45) is 0 Å². The number of esters is 1. The highest BCUT2D eigenvalue weighted by Gasteiger charge is 2.13. The van der Waals surface area contributed by atoms with Crippen LogP contribution in [-0.2, 0) is 9.53 Å². The van der Waals surface area contributed by atoms with Crippen LogP contribution in [0, 0.1) is 10.1 Å². The first-order valence-corrected chi connectivity index (χ1v) is 9.24. The Labute approximate surface area is 168 Å². The van der Waals surface area contributed by atoms with Gasteiger partial charge in [0.05, 0.1) is 4.92 Å². The summed E-state index contributed by atoms with van der Waals surface area (Å²) in [6.07, 6.45) is 2.18. The van der Waals surface area contributed by atoms with Crippen molar-refractivity contribution in [3.63, 3.8) is 0 Å². The number of nitro groups is 1. The van der Waals surface area contributed by atoms with Crippen molar-refractivity contribution in [3.05, 3.63) is 75.8 Å². The highest BCUT2D eigenvalue weighted by atomic mass is 16.6. The van der Waals surface area contributed by atoms with E-state index in [9.17, 15) is 24.5 Å². The number of carbonyl (C=O) groups excluding carboxylic acids is 3. The molecule has 0 aromatic heterocycles. The van der Waals surface area contributed by atoms with E-state index in [4.69, 9.17) is 4.74 Å². The molecule has 2 aromatic rings. The van der Waals surface area contributed by atoms with Gasteiger partial charge in [0.25, 0.3) is 11.6 Å². The fourth-order valence-corrected chi connectivity index (χ4v) is 2.56. The van der Waals surface area contributed by atoms with Gasteiger partial charge in [-0.05, 0) is 25.0 Å². The molecule has 0 radical (unpaired) electrons. The van der Waals surface area contributed by atoms with E-state index in [0.717, 1.165) is 18.9 Å². The monoisotopic (exact) mass is 398 g/mol. The number of ketones is 1. The molecule has 0 atom stereocenters. The second kappa shape index (κ2) is 11.3. The van der Waals surface area contributed by atoms with E-state index >= 15 is 0 Å². The number of hydrogen-bond acceptors (Lipinski definition) is 6. The molecule has 8 nitrogen and oxygen atoms in total. The molecule has 0 spiro atoms. The molecule has 1 amide bonds. The normalized spacial score (nSPS) is 10.2. The molecule has 0 saturated heterocycles. The predicted octanol–water partition coefficient (Wildman–Crippen LogP) is 3.31. The summed E-state index contributed by atoms with van der Waals surface area (Å²) in [4.78, 5) is 45.7. The highest BCUT2D eigenvalue weighted by Crippen LogP contribution is 2.13. The molecule has 2 aromatic carbocycles. The number of non-ortho nitro benzene ring substituents is 1. The van der Waals surface area contributed by atoms with Gasteiger partial charge in [-0.25, -0.2) is 0 Å². The number of nitrogens with one attached hydrogen (secondary N) is 1. The van der Waals surface area contributed by atoms with E-state index < -0.39 is 23.3 Å². The maximum Gasteiger partial charge on any atom is 0.306 e. The first kappa shape index (κ1) is 21.7. The molecule has 2 rings (SSSR count). The lowest BCUT2D eigenvalue weighted by molar-refractivity contribution is -0.384. The average molecular weight is 398 g/mol. The van der Waals surface area contributed by atoms with Gasteiger partial charge in [-0.15, -0.1) is 0 Å². The van der Waals surface area contributed by atoms with Crippen molar-refractivity contribution in [2.75, 3.05) is 13.2 Å². The first-order valence-electron chi connectivity index (χ1n) is 9.24. The van der Waals surface area contributed by atoms with Crippen LogP contribution in [0.25, 0.3) is 0 Å². The lowest BCUT2D eigenvalue weighted by Crippen LogP contribution is -2.24. The van der Waals surface area contributed by atoms with Crippen molar-refractivity contribution in [1.29, 1.82) is 0 Å². The van der Waals surface area contributed by atoms with Crippen molar-refractivity contribution in [1.82, 2.24) is 5.32 Å². The summed E-state index contributed by atoms with van der Waals surface area (Å²) < 4.78 is 4.93. The number of benzene rings is 2. The van der Waals surface area contributed by atoms with E-state index in [1.165, 1.54) is 18.2 Å². The van der Waals surface area contributed by atoms with E-state index in [-0.39, 0.29) is 23.6 Å². The molecule has 0 aliphatic carbocycles. The maximum absolute atomic E-state index is 12.0. The zero-order valence-corrected chi connectivity index (χ0v) is 15.8.